The Hall–Kier alpha value is -1.95. The van der Waals surface area contributed by atoms with Crippen LogP contribution in [0, 0.1) is 0 Å². The predicted octanol–water partition coefficient (Wildman–Crippen LogP) is 5.61. The van der Waals surface area contributed by atoms with Gasteiger partial charge in [-0.15, -0.1) is 0 Å². The molecule has 0 heterocycles. The van der Waals surface area contributed by atoms with E-state index in [4.69, 9.17) is 4.18 Å². The summed E-state index contributed by atoms with van der Waals surface area (Å²) in [6.45, 7) is 2.21. The highest BCUT2D eigenvalue weighted by Crippen LogP contribution is 2.31. The van der Waals surface area contributed by atoms with Crippen LogP contribution in [0.25, 0.3) is 0 Å². The Morgan fingerprint density at radius 1 is 0.759 bits per heavy atom. The summed E-state index contributed by atoms with van der Waals surface area (Å²) in [6, 6.07) is 6.48. The highest BCUT2D eigenvalue weighted by Gasteiger charge is 2.34. The molecule has 0 N–H and O–H groups in total. The molecule has 0 saturated carbocycles. The molecular formula is C23H32O5S. The smallest absolute Gasteiger partial charge is 0.306 e. The Labute approximate surface area is 174 Å². The second-order valence-corrected chi connectivity index (χ2v) is 9.31. The lowest BCUT2D eigenvalue weighted by molar-refractivity contribution is 0.0935. The van der Waals surface area contributed by atoms with Gasteiger partial charge in [0.05, 0.1) is 6.26 Å². The molecule has 1 aromatic rings. The Morgan fingerprint density at radius 3 is 1.76 bits per heavy atom. The molecule has 0 bridgehead atoms. The lowest BCUT2D eigenvalue weighted by Crippen LogP contribution is -2.25. The third kappa shape index (κ3) is 7.11. The second-order valence-electron chi connectivity index (χ2n) is 7.73. The van der Waals surface area contributed by atoms with Crippen molar-refractivity contribution in [1.82, 2.24) is 0 Å². The van der Waals surface area contributed by atoms with Crippen LogP contribution in [0.3, 0.4) is 0 Å². The second kappa shape index (κ2) is 11.3. The van der Waals surface area contributed by atoms with E-state index >= 15 is 0 Å². The molecule has 29 heavy (non-hydrogen) atoms. The molecule has 2 rings (SSSR count). The first kappa shape index (κ1) is 23.3. The first-order valence-electron chi connectivity index (χ1n) is 10.7. The fourth-order valence-electron chi connectivity index (χ4n) is 3.66. The molecular weight excluding hydrogens is 388 g/mol. The number of fused-ring (bicyclic) bond motifs is 1. The maximum absolute atomic E-state index is 12.9. The van der Waals surface area contributed by atoms with Gasteiger partial charge in [0.1, 0.15) is 0 Å². The zero-order valence-corrected chi connectivity index (χ0v) is 18.4. The van der Waals surface area contributed by atoms with Crippen LogP contribution >= 0.6 is 0 Å². The van der Waals surface area contributed by atoms with E-state index in [1.807, 2.05) is 0 Å². The van der Waals surface area contributed by atoms with Crippen LogP contribution in [0.2, 0.25) is 0 Å². The van der Waals surface area contributed by atoms with E-state index in [0.29, 0.717) is 12.0 Å². The monoisotopic (exact) mass is 420 g/mol. The molecule has 1 aliphatic carbocycles. The first-order valence-corrected chi connectivity index (χ1v) is 12.5. The number of carbonyl (C=O) groups excluding carboxylic acids is 2. The molecule has 6 heteroatoms. The van der Waals surface area contributed by atoms with Crippen LogP contribution in [0.15, 0.2) is 35.6 Å². The molecule has 1 aliphatic rings. The Morgan fingerprint density at radius 2 is 1.24 bits per heavy atom. The molecule has 0 spiro atoms. The van der Waals surface area contributed by atoms with E-state index in [1.165, 1.54) is 44.6 Å². The maximum Gasteiger partial charge on any atom is 0.306 e. The van der Waals surface area contributed by atoms with Gasteiger partial charge in [-0.1, -0.05) is 89.0 Å². The summed E-state index contributed by atoms with van der Waals surface area (Å²) in [7, 11) is -3.90. The van der Waals surface area contributed by atoms with Gasteiger partial charge in [0, 0.05) is 16.7 Å². The lowest BCUT2D eigenvalue weighted by atomic mass is 9.86. The summed E-state index contributed by atoms with van der Waals surface area (Å²) in [5.41, 5.74) is 0.696. The number of carbonyl (C=O) groups is 2. The Balaban J connectivity index is 1.94. The topological polar surface area (TPSA) is 77.5 Å². The lowest BCUT2D eigenvalue weighted by Gasteiger charge is -2.20. The van der Waals surface area contributed by atoms with Gasteiger partial charge < -0.3 is 4.18 Å². The van der Waals surface area contributed by atoms with E-state index in [0.717, 1.165) is 31.9 Å². The zero-order chi connectivity index (χ0) is 21.3. The Bertz CT molecular complexity index is 852. The van der Waals surface area contributed by atoms with Crippen molar-refractivity contribution in [2.75, 3.05) is 6.26 Å². The molecule has 5 nitrogen and oxygen atoms in total. The maximum atomic E-state index is 12.9. The largest absolute Gasteiger partial charge is 0.378 e. The quantitative estimate of drug-likeness (QED) is 0.306. The number of rotatable bonds is 13. The van der Waals surface area contributed by atoms with E-state index in [9.17, 15) is 18.0 Å². The number of unbranched alkanes of at least 4 members (excludes halogenated alkanes) is 9. The molecule has 0 aromatic heterocycles. The van der Waals surface area contributed by atoms with Gasteiger partial charge in [-0.3, -0.25) is 9.59 Å². The predicted molar refractivity (Wildman–Crippen MR) is 115 cm³/mol. The SMILES string of the molecule is CCCCCCCCCCCCC1=C(OS(C)(=O)=O)C(=O)c2ccccc2C1=O. The summed E-state index contributed by atoms with van der Waals surface area (Å²) in [4.78, 5) is 25.6. The summed E-state index contributed by atoms with van der Waals surface area (Å²) in [5, 5.41) is 0. The number of allylic oxidation sites excluding steroid dienone is 2. The summed E-state index contributed by atoms with van der Waals surface area (Å²) in [5.74, 6) is -1.17. The third-order valence-electron chi connectivity index (χ3n) is 5.19. The summed E-state index contributed by atoms with van der Waals surface area (Å²) >= 11 is 0. The molecule has 0 atom stereocenters. The summed E-state index contributed by atoms with van der Waals surface area (Å²) in [6.07, 6.45) is 12.8. The minimum Gasteiger partial charge on any atom is -0.378 e. The van der Waals surface area contributed by atoms with Crippen LogP contribution in [0.1, 0.15) is 98.3 Å². The van der Waals surface area contributed by atoms with Crippen molar-refractivity contribution < 1.29 is 22.2 Å². The molecule has 0 amide bonds. The molecule has 0 saturated heterocycles. The van der Waals surface area contributed by atoms with Gasteiger partial charge in [0.25, 0.3) is 0 Å². The average Bonchev–Trinajstić information content (AvgIpc) is 2.68. The molecule has 0 unspecified atom stereocenters. The van der Waals surface area contributed by atoms with E-state index in [-0.39, 0.29) is 22.7 Å². The van der Waals surface area contributed by atoms with Gasteiger partial charge in [-0.25, -0.2) is 0 Å². The number of ketones is 2. The van der Waals surface area contributed by atoms with Crippen molar-refractivity contribution in [3.63, 3.8) is 0 Å². The average molecular weight is 421 g/mol. The van der Waals surface area contributed by atoms with Crippen molar-refractivity contribution in [3.8, 4) is 0 Å². The normalized spacial score (nSPS) is 14.3. The van der Waals surface area contributed by atoms with Crippen LogP contribution in [-0.4, -0.2) is 26.2 Å². The molecule has 1 aromatic carbocycles. The van der Waals surface area contributed by atoms with Crippen molar-refractivity contribution >= 4 is 21.7 Å². The molecule has 0 fully saturated rings. The van der Waals surface area contributed by atoms with Crippen LogP contribution < -0.4 is 0 Å². The van der Waals surface area contributed by atoms with Crippen LogP contribution in [0.4, 0.5) is 0 Å². The Kier molecular flexibility index (Phi) is 9.08. The third-order valence-corrected chi connectivity index (χ3v) is 5.66. The number of hydrogen-bond acceptors (Lipinski definition) is 5. The minimum absolute atomic E-state index is 0.179. The molecule has 160 valence electrons. The summed E-state index contributed by atoms with van der Waals surface area (Å²) < 4.78 is 28.2. The number of Topliss-reactive ketones (excluding diaryl/α,β-unsaturated/α-hetero) is 2. The zero-order valence-electron chi connectivity index (χ0n) is 17.5. The van der Waals surface area contributed by atoms with Crippen molar-refractivity contribution in [2.24, 2.45) is 0 Å². The minimum atomic E-state index is -3.90. The van der Waals surface area contributed by atoms with Crippen LogP contribution in [-0.2, 0) is 14.3 Å². The molecule has 0 aliphatic heterocycles. The van der Waals surface area contributed by atoms with Gasteiger partial charge in [-0.2, -0.15) is 8.42 Å². The van der Waals surface area contributed by atoms with Gasteiger partial charge in [-0.05, 0) is 12.8 Å². The standard InChI is InChI=1S/C23H32O5S/c1-3-4-5-6-7-8-9-10-11-12-17-20-21(24)18-15-13-14-16-19(18)22(25)23(20)28-29(2,26)27/h13-16H,3-12,17H2,1-2H3. The highest BCUT2D eigenvalue weighted by molar-refractivity contribution is 7.86. The fraction of sp³-hybridized carbons (Fsp3) is 0.565. The van der Waals surface area contributed by atoms with Crippen molar-refractivity contribution in [3.05, 3.63) is 46.7 Å². The van der Waals surface area contributed by atoms with Gasteiger partial charge >= 0.3 is 10.1 Å². The van der Waals surface area contributed by atoms with Crippen molar-refractivity contribution in [2.45, 2.75) is 77.6 Å². The first-order chi connectivity index (χ1) is 13.8. The van der Waals surface area contributed by atoms with Gasteiger partial charge in [0.2, 0.25) is 5.78 Å². The van der Waals surface area contributed by atoms with E-state index < -0.39 is 15.9 Å². The molecule has 0 radical (unpaired) electrons. The van der Waals surface area contributed by atoms with Gasteiger partial charge in [0.15, 0.2) is 11.5 Å². The fourth-order valence-corrected chi connectivity index (χ4v) is 4.14. The van der Waals surface area contributed by atoms with Crippen molar-refractivity contribution in [1.29, 1.82) is 0 Å². The van der Waals surface area contributed by atoms with Crippen LogP contribution in [0.5, 0.6) is 0 Å². The number of benzene rings is 1. The highest BCUT2D eigenvalue weighted by atomic mass is 32.2. The van der Waals surface area contributed by atoms with E-state index in [1.54, 1.807) is 18.2 Å². The van der Waals surface area contributed by atoms with E-state index in [2.05, 4.69) is 6.92 Å². The number of hydrogen-bond donors (Lipinski definition) is 0.